The second-order valence-corrected chi connectivity index (χ2v) is 9.30. The number of piperidine rings is 1. The summed E-state index contributed by atoms with van der Waals surface area (Å²) in [6.07, 6.45) is 7.58. The first kappa shape index (κ1) is 21.4. The number of para-hydroxylation sites is 1. The molecular weight excluding hydrogens is 434 g/mol. The topological polar surface area (TPSA) is 47.4 Å². The van der Waals surface area contributed by atoms with Gasteiger partial charge in [0.25, 0.3) is 5.91 Å². The standard InChI is InChI=1S/C30H27N3O2/c1-22-27(21-31-33(22)26-10-6-3-7-11-26)29(34)32-18-16-30(17-19-32)15-14-25-20-24(12-13-28(25)35-30)23-8-4-2-5-9-23/h2-15,20-21H,16-19H2,1H3. The third-order valence-electron chi connectivity index (χ3n) is 7.13. The summed E-state index contributed by atoms with van der Waals surface area (Å²) in [5.74, 6) is 0.944. The number of likely N-dealkylation sites (tertiary alicyclic amines) is 1. The highest BCUT2D eigenvalue weighted by molar-refractivity contribution is 5.95. The van der Waals surface area contributed by atoms with E-state index >= 15 is 0 Å². The minimum atomic E-state index is -0.360. The van der Waals surface area contributed by atoms with E-state index in [2.05, 4.69) is 59.7 Å². The first-order valence-electron chi connectivity index (χ1n) is 12.1. The molecule has 0 atom stereocenters. The van der Waals surface area contributed by atoms with E-state index in [1.807, 2.05) is 52.9 Å². The van der Waals surface area contributed by atoms with Crippen molar-refractivity contribution in [3.05, 3.63) is 108 Å². The van der Waals surface area contributed by atoms with Crippen LogP contribution in [-0.4, -0.2) is 39.3 Å². The number of carbonyl (C=O) groups excluding carboxylic acids is 1. The van der Waals surface area contributed by atoms with Crippen LogP contribution in [-0.2, 0) is 0 Å². The third kappa shape index (κ3) is 3.93. The highest BCUT2D eigenvalue weighted by Crippen LogP contribution is 2.39. The lowest BCUT2D eigenvalue weighted by atomic mass is 9.87. The van der Waals surface area contributed by atoms with Crippen LogP contribution >= 0.6 is 0 Å². The summed E-state index contributed by atoms with van der Waals surface area (Å²) in [7, 11) is 0. The smallest absolute Gasteiger partial charge is 0.257 e. The van der Waals surface area contributed by atoms with Gasteiger partial charge >= 0.3 is 0 Å². The van der Waals surface area contributed by atoms with Crippen molar-refractivity contribution in [3.8, 4) is 22.6 Å². The number of ether oxygens (including phenoxy) is 1. The Kier molecular flexibility index (Phi) is 5.25. The quantitative estimate of drug-likeness (QED) is 0.380. The predicted octanol–water partition coefficient (Wildman–Crippen LogP) is 5.93. The number of hydrogen-bond acceptors (Lipinski definition) is 3. The number of amides is 1. The Labute approximate surface area is 205 Å². The number of aromatic nitrogens is 2. The Bertz CT molecular complexity index is 1400. The lowest BCUT2D eigenvalue weighted by molar-refractivity contribution is 0.0329. The van der Waals surface area contributed by atoms with E-state index < -0.39 is 0 Å². The second-order valence-electron chi connectivity index (χ2n) is 9.30. The van der Waals surface area contributed by atoms with Crippen molar-refractivity contribution >= 4 is 12.0 Å². The van der Waals surface area contributed by atoms with Crippen LogP contribution in [0.5, 0.6) is 5.75 Å². The molecule has 0 aliphatic carbocycles. The van der Waals surface area contributed by atoms with Crippen molar-refractivity contribution < 1.29 is 9.53 Å². The molecule has 0 N–H and O–H groups in total. The lowest BCUT2D eigenvalue weighted by Gasteiger charge is -2.42. The zero-order valence-corrected chi connectivity index (χ0v) is 19.7. The molecule has 0 radical (unpaired) electrons. The Hall–Kier alpha value is -4.12. The van der Waals surface area contributed by atoms with E-state index in [4.69, 9.17) is 4.74 Å². The number of hydrogen-bond donors (Lipinski definition) is 0. The minimum Gasteiger partial charge on any atom is -0.482 e. The maximum absolute atomic E-state index is 13.3. The molecular formula is C30H27N3O2. The molecule has 1 saturated heterocycles. The molecule has 0 unspecified atom stereocenters. The van der Waals surface area contributed by atoms with Gasteiger partial charge in [-0.25, -0.2) is 4.68 Å². The van der Waals surface area contributed by atoms with Gasteiger partial charge in [0.2, 0.25) is 0 Å². The van der Waals surface area contributed by atoms with Gasteiger partial charge in [-0.3, -0.25) is 4.79 Å². The van der Waals surface area contributed by atoms with Crippen LogP contribution in [0.2, 0.25) is 0 Å². The largest absolute Gasteiger partial charge is 0.482 e. The molecule has 3 aromatic carbocycles. The molecule has 1 spiro atoms. The number of rotatable bonds is 3. The third-order valence-corrected chi connectivity index (χ3v) is 7.13. The zero-order valence-electron chi connectivity index (χ0n) is 19.7. The van der Waals surface area contributed by atoms with Crippen LogP contribution < -0.4 is 4.74 Å². The SMILES string of the molecule is Cc1c(C(=O)N2CCC3(C=Cc4cc(-c5ccccc5)ccc4O3)CC2)cnn1-c1ccccc1. The molecule has 3 heterocycles. The monoisotopic (exact) mass is 461 g/mol. The van der Waals surface area contributed by atoms with E-state index in [0.29, 0.717) is 18.7 Å². The molecule has 4 aromatic rings. The summed E-state index contributed by atoms with van der Waals surface area (Å²) in [6.45, 7) is 3.25. The summed E-state index contributed by atoms with van der Waals surface area (Å²) in [6, 6.07) is 26.7. The van der Waals surface area contributed by atoms with Crippen molar-refractivity contribution in [1.82, 2.24) is 14.7 Å². The van der Waals surface area contributed by atoms with E-state index in [1.165, 1.54) is 11.1 Å². The molecule has 1 fully saturated rings. The van der Waals surface area contributed by atoms with Crippen molar-refractivity contribution in [2.45, 2.75) is 25.4 Å². The highest BCUT2D eigenvalue weighted by Gasteiger charge is 2.38. The summed E-state index contributed by atoms with van der Waals surface area (Å²) < 4.78 is 8.36. The number of fused-ring (bicyclic) bond motifs is 1. The van der Waals surface area contributed by atoms with Gasteiger partial charge in [0.15, 0.2) is 0 Å². The maximum Gasteiger partial charge on any atom is 0.257 e. The predicted molar refractivity (Wildman–Crippen MR) is 138 cm³/mol. The summed E-state index contributed by atoms with van der Waals surface area (Å²) in [5.41, 5.74) is 5.58. The van der Waals surface area contributed by atoms with Gasteiger partial charge in [-0.15, -0.1) is 0 Å². The summed E-state index contributed by atoms with van der Waals surface area (Å²) in [4.78, 5) is 15.2. The number of nitrogens with zero attached hydrogens (tertiary/aromatic N) is 3. The average Bonchev–Trinajstić information content (AvgIpc) is 3.30. The Morgan fingerprint density at radius 1 is 0.914 bits per heavy atom. The molecule has 0 bridgehead atoms. The average molecular weight is 462 g/mol. The highest BCUT2D eigenvalue weighted by atomic mass is 16.5. The first-order valence-corrected chi connectivity index (χ1v) is 12.1. The van der Waals surface area contributed by atoms with Gasteiger partial charge in [-0.1, -0.05) is 60.7 Å². The molecule has 35 heavy (non-hydrogen) atoms. The van der Waals surface area contributed by atoms with Gasteiger partial charge in [-0.2, -0.15) is 5.10 Å². The maximum atomic E-state index is 13.3. The first-order chi connectivity index (χ1) is 17.1. The Balaban J connectivity index is 1.16. The summed E-state index contributed by atoms with van der Waals surface area (Å²) in [5, 5.41) is 4.47. The van der Waals surface area contributed by atoms with Crippen LogP contribution in [0.1, 0.15) is 34.5 Å². The number of benzene rings is 3. The van der Waals surface area contributed by atoms with Crippen LogP contribution in [0.25, 0.3) is 22.9 Å². The van der Waals surface area contributed by atoms with Crippen LogP contribution in [0.4, 0.5) is 0 Å². The summed E-state index contributed by atoms with van der Waals surface area (Å²) >= 11 is 0. The molecule has 5 heteroatoms. The van der Waals surface area contributed by atoms with E-state index in [1.54, 1.807) is 6.20 Å². The van der Waals surface area contributed by atoms with Gasteiger partial charge in [0, 0.05) is 31.5 Å². The molecule has 6 rings (SSSR count). The van der Waals surface area contributed by atoms with E-state index in [9.17, 15) is 4.79 Å². The number of carbonyl (C=O) groups is 1. The fourth-order valence-electron chi connectivity index (χ4n) is 5.05. The van der Waals surface area contributed by atoms with Gasteiger partial charge in [0.05, 0.1) is 23.1 Å². The molecule has 174 valence electrons. The van der Waals surface area contributed by atoms with Crippen molar-refractivity contribution in [3.63, 3.8) is 0 Å². The normalized spacial score (nSPS) is 16.1. The van der Waals surface area contributed by atoms with Gasteiger partial charge < -0.3 is 9.64 Å². The molecule has 1 amide bonds. The van der Waals surface area contributed by atoms with Crippen LogP contribution in [0, 0.1) is 6.92 Å². The molecule has 5 nitrogen and oxygen atoms in total. The van der Waals surface area contributed by atoms with Gasteiger partial charge in [-0.05, 0) is 48.4 Å². The zero-order chi connectivity index (χ0) is 23.8. The van der Waals surface area contributed by atoms with Gasteiger partial charge in [0.1, 0.15) is 11.4 Å². The molecule has 1 aromatic heterocycles. The fraction of sp³-hybridized carbons (Fsp3) is 0.200. The van der Waals surface area contributed by atoms with E-state index in [-0.39, 0.29) is 11.5 Å². The van der Waals surface area contributed by atoms with Crippen LogP contribution in [0.3, 0.4) is 0 Å². The van der Waals surface area contributed by atoms with Crippen LogP contribution in [0.15, 0.2) is 91.1 Å². The van der Waals surface area contributed by atoms with Crippen molar-refractivity contribution in [1.29, 1.82) is 0 Å². The Morgan fingerprint density at radius 3 is 2.37 bits per heavy atom. The second kappa shape index (κ2) is 8.58. The van der Waals surface area contributed by atoms with Crippen molar-refractivity contribution in [2.75, 3.05) is 13.1 Å². The molecule has 0 saturated carbocycles. The fourth-order valence-corrected chi connectivity index (χ4v) is 5.05. The molecule has 2 aliphatic rings. The molecule has 2 aliphatic heterocycles. The Morgan fingerprint density at radius 2 is 1.63 bits per heavy atom. The van der Waals surface area contributed by atoms with E-state index in [0.717, 1.165) is 35.5 Å². The lowest BCUT2D eigenvalue weighted by Crippen LogP contribution is -2.49. The minimum absolute atomic E-state index is 0.0345. The van der Waals surface area contributed by atoms with Crippen molar-refractivity contribution in [2.24, 2.45) is 0 Å².